The summed E-state index contributed by atoms with van der Waals surface area (Å²) in [5.41, 5.74) is 25.5. The van der Waals surface area contributed by atoms with Crippen LogP contribution in [0.25, 0.3) is 230 Å². The van der Waals surface area contributed by atoms with Gasteiger partial charge in [-0.1, -0.05) is 461 Å². The second-order valence-electron chi connectivity index (χ2n) is 33.0. The maximum Gasteiger partial charge on any atom is 0.416 e. The molecule has 128 heavy (non-hydrogen) atoms. The Morgan fingerprint density at radius 1 is 0.117 bits per heavy atom. The summed E-state index contributed by atoms with van der Waals surface area (Å²) in [6, 6.07) is 174. The first-order chi connectivity index (χ1) is 63.2. The van der Waals surface area contributed by atoms with E-state index < -0.39 is 11.7 Å². The molecule has 0 fully saturated rings. The molecule has 0 N–H and O–H groups in total. The zero-order chi connectivity index (χ0) is 85.6. The molecule has 0 unspecified atom stereocenters. The third kappa shape index (κ3) is 14.4. The van der Waals surface area contributed by atoms with Gasteiger partial charge in [-0.25, -0.2) is 0 Å². The molecular weight excluding hydrogens is 1560 g/mol. The first-order valence-electron chi connectivity index (χ1n) is 43.7. The molecule has 24 aromatic rings. The second kappa shape index (κ2) is 33.4. The van der Waals surface area contributed by atoms with E-state index in [4.69, 9.17) is 0 Å². The van der Waals surface area contributed by atoms with E-state index >= 15 is 0 Å². The SMILES string of the molecule is FC(F)(F)c1ccc(-c2ccc(-c3c4ccccc4c(-c4ccc(-c5ccccc5)c5ccccc45)c4ccccc34)cc2)cc1.c1ccc(-c2ccc(-c3c4ccccc4c(-c4ccc5c(ccc6ccccc65)c4)c4ccccc34)cc2)cc1.c1ccc(-c2ccc(-c3c4ccccc4c(-c4ccc5ccccc5c4)c4ccccc34)c(-c3ccccc3)c2)cc1. The molecule has 0 aliphatic carbocycles. The van der Waals surface area contributed by atoms with Gasteiger partial charge in [0.2, 0.25) is 0 Å². The highest BCUT2D eigenvalue weighted by Gasteiger charge is 2.30. The van der Waals surface area contributed by atoms with Crippen LogP contribution < -0.4 is 0 Å². The molecule has 0 spiro atoms. The highest BCUT2D eigenvalue weighted by molar-refractivity contribution is 6.27. The fraction of sp³-hybridized carbons (Fsp3) is 0.00800. The molecule has 3 heteroatoms. The van der Waals surface area contributed by atoms with Gasteiger partial charge in [-0.3, -0.25) is 0 Å². The molecule has 24 aromatic carbocycles. The van der Waals surface area contributed by atoms with E-state index in [-0.39, 0.29) is 0 Å². The molecule has 0 aromatic heterocycles. The fourth-order valence-corrected chi connectivity index (χ4v) is 19.7. The molecule has 0 aliphatic rings. The van der Waals surface area contributed by atoms with E-state index in [0.717, 1.165) is 45.2 Å². The van der Waals surface area contributed by atoms with Crippen molar-refractivity contribution in [3.8, 4) is 122 Å². The van der Waals surface area contributed by atoms with E-state index in [1.54, 1.807) is 0 Å². The highest BCUT2D eigenvalue weighted by atomic mass is 19.4. The van der Waals surface area contributed by atoms with E-state index in [1.165, 1.54) is 209 Å². The standard InChI is InChI=1S/C43H27F3.C42H28.C40H26/c44-43(45,46)32-24-22-29(23-25-32)28-18-20-31(21-19-28)41-36-14-6-8-16-38(36)42(39-17-9-7-15-37(39)41)40-27-26-33(30-10-2-1-3-11-30)34-12-4-5-13-35(34)40;1-3-13-29(14-4-1)33-25-26-39(40(28-33)31-16-5-2-6-17-31)42-37-21-11-9-19-35(37)41(36-20-10-12-22-38(36)42)34-24-23-30-15-7-8-18-32(30)27-34;1-2-10-27(11-3-1)28-18-21-30(22-19-28)39-35-14-6-8-16-37(35)40(38-17-9-7-15-36(38)39)32-24-25-34-31(26-32)23-20-29-12-4-5-13-33(29)34/h1-27H;1-28H;1-26H. The van der Waals surface area contributed by atoms with Crippen molar-refractivity contribution in [1.29, 1.82) is 0 Å². The van der Waals surface area contributed by atoms with Crippen molar-refractivity contribution in [3.63, 3.8) is 0 Å². The molecule has 0 saturated heterocycles. The maximum absolute atomic E-state index is 13.1. The Hall–Kier alpha value is -16.3. The van der Waals surface area contributed by atoms with E-state index in [2.05, 4.69) is 449 Å². The molecule has 602 valence electrons. The largest absolute Gasteiger partial charge is 0.416 e. The van der Waals surface area contributed by atoms with Gasteiger partial charge in [0.1, 0.15) is 0 Å². The molecule has 0 bridgehead atoms. The van der Waals surface area contributed by atoms with Gasteiger partial charge in [-0.2, -0.15) is 13.2 Å². The number of hydrogen-bond acceptors (Lipinski definition) is 0. The van der Waals surface area contributed by atoms with Crippen molar-refractivity contribution in [2.75, 3.05) is 0 Å². The number of hydrogen-bond donors (Lipinski definition) is 0. The molecular formula is C125H81F3. The molecule has 0 aliphatic heterocycles. The monoisotopic (exact) mass is 1640 g/mol. The second-order valence-corrected chi connectivity index (χ2v) is 33.0. The van der Waals surface area contributed by atoms with Crippen LogP contribution >= 0.6 is 0 Å². The maximum atomic E-state index is 13.1. The molecule has 0 amide bonds. The summed E-state index contributed by atoms with van der Waals surface area (Å²) in [5.74, 6) is 0. The lowest BCUT2D eigenvalue weighted by Crippen LogP contribution is -2.03. The molecule has 24 rings (SSSR count). The van der Waals surface area contributed by atoms with Gasteiger partial charge in [0.15, 0.2) is 0 Å². The average Bonchev–Trinajstić information content (AvgIpc) is 0.733. The number of alkyl halides is 3. The van der Waals surface area contributed by atoms with Crippen LogP contribution in [0.4, 0.5) is 13.2 Å². The van der Waals surface area contributed by atoms with Crippen LogP contribution in [-0.2, 0) is 6.18 Å². The van der Waals surface area contributed by atoms with Crippen LogP contribution in [0.3, 0.4) is 0 Å². The van der Waals surface area contributed by atoms with Crippen LogP contribution in [-0.4, -0.2) is 0 Å². The predicted molar refractivity (Wildman–Crippen MR) is 539 cm³/mol. The third-order valence-electron chi connectivity index (χ3n) is 25.6. The van der Waals surface area contributed by atoms with Crippen molar-refractivity contribution in [2.24, 2.45) is 0 Å². The quantitative estimate of drug-likeness (QED) is 0.0894. The molecule has 0 heterocycles. The Bertz CT molecular complexity index is 8180. The summed E-state index contributed by atoms with van der Waals surface area (Å²) in [6.45, 7) is 0. The minimum absolute atomic E-state index is 0.645. The Kier molecular flexibility index (Phi) is 20.3. The fourth-order valence-electron chi connectivity index (χ4n) is 19.7. The summed E-state index contributed by atoms with van der Waals surface area (Å²) in [7, 11) is 0. The van der Waals surface area contributed by atoms with Gasteiger partial charge in [0.05, 0.1) is 5.56 Å². The Labute approximate surface area is 741 Å². The Balaban J connectivity index is 0.000000113. The topological polar surface area (TPSA) is 0 Å². The number of fused-ring (bicyclic) bond motifs is 11. The minimum atomic E-state index is -4.35. The number of halogens is 3. The lowest BCUT2D eigenvalue weighted by molar-refractivity contribution is -0.137. The number of benzene rings is 24. The van der Waals surface area contributed by atoms with Gasteiger partial charge in [-0.05, 0) is 260 Å². The van der Waals surface area contributed by atoms with Crippen LogP contribution in [0, 0.1) is 0 Å². The molecule has 0 atom stereocenters. The van der Waals surface area contributed by atoms with Crippen molar-refractivity contribution in [2.45, 2.75) is 6.18 Å². The van der Waals surface area contributed by atoms with Crippen LogP contribution in [0.2, 0.25) is 0 Å². The first kappa shape index (κ1) is 77.7. The lowest BCUT2D eigenvalue weighted by atomic mass is 9.83. The molecule has 0 saturated carbocycles. The van der Waals surface area contributed by atoms with Gasteiger partial charge < -0.3 is 0 Å². The van der Waals surface area contributed by atoms with Gasteiger partial charge in [-0.15, -0.1) is 0 Å². The Morgan fingerprint density at radius 3 is 0.805 bits per heavy atom. The van der Waals surface area contributed by atoms with Crippen LogP contribution in [0.5, 0.6) is 0 Å². The van der Waals surface area contributed by atoms with Crippen molar-refractivity contribution < 1.29 is 13.2 Å². The Morgan fingerprint density at radius 2 is 0.367 bits per heavy atom. The summed E-state index contributed by atoms with van der Waals surface area (Å²) in [6.07, 6.45) is -4.35. The number of rotatable bonds is 11. The smallest absolute Gasteiger partial charge is 0.166 e. The first-order valence-corrected chi connectivity index (χ1v) is 43.7. The van der Waals surface area contributed by atoms with Gasteiger partial charge in [0, 0.05) is 0 Å². The zero-order valence-electron chi connectivity index (χ0n) is 69.9. The third-order valence-corrected chi connectivity index (χ3v) is 25.6. The normalized spacial score (nSPS) is 11.6. The van der Waals surface area contributed by atoms with Crippen molar-refractivity contribution in [3.05, 3.63) is 497 Å². The predicted octanol–water partition coefficient (Wildman–Crippen LogP) is 35.9. The van der Waals surface area contributed by atoms with Crippen LogP contribution in [0.15, 0.2) is 491 Å². The summed E-state index contributed by atoms with van der Waals surface area (Å²) < 4.78 is 39.4. The molecule has 0 radical (unpaired) electrons. The van der Waals surface area contributed by atoms with E-state index in [9.17, 15) is 13.2 Å². The van der Waals surface area contributed by atoms with Crippen molar-refractivity contribution >= 4 is 108 Å². The highest BCUT2D eigenvalue weighted by Crippen LogP contribution is 2.52. The average molecular weight is 1640 g/mol. The summed E-state index contributed by atoms with van der Waals surface area (Å²) in [4.78, 5) is 0. The summed E-state index contributed by atoms with van der Waals surface area (Å²) in [5, 5.41) is 24.9. The van der Waals surface area contributed by atoms with E-state index in [1.807, 2.05) is 18.2 Å². The van der Waals surface area contributed by atoms with Crippen LogP contribution in [0.1, 0.15) is 5.56 Å². The lowest BCUT2D eigenvalue weighted by Gasteiger charge is -2.20. The zero-order valence-corrected chi connectivity index (χ0v) is 69.9. The minimum Gasteiger partial charge on any atom is -0.166 e. The molecule has 0 nitrogen and oxygen atoms in total. The van der Waals surface area contributed by atoms with Gasteiger partial charge in [0.25, 0.3) is 0 Å². The summed E-state index contributed by atoms with van der Waals surface area (Å²) >= 11 is 0. The van der Waals surface area contributed by atoms with Gasteiger partial charge >= 0.3 is 6.18 Å². The van der Waals surface area contributed by atoms with Crippen molar-refractivity contribution in [1.82, 2.24) is 0 Å². The van der Waals surface area contributed by atoms with E-state index in [0.29, 0.717) is 0 Å².